The van der Waals surface area contributed by atoms with Crippen molar-refractivity contribution in [3.8, 4) is 0 Å². The summed E-state index contributed by atoms with van der Waals surface area (Å²) in [4.78, 5) is 0. The average Bonchev–Trinajstić information content (AvgIpc) is 2.69. The number of aliphatic hydroxyl groups excluding tert-OH is 1. The highest BCUT2D eigenvalue weighted by atomic mass is 35.5. The second-order valence-corrected chi connectivity index (χ2v) is 4.61. The fraction of sp³-hybridized carbons (Fsp3) is 0.308. The van der Waals surface area contributed by atoms with Crippen molar-refractivity contribution in [1.29, 1.82) is 0 Å². The zero-order valence-electron chi connectivity index (χ0n) is 10.3. The van der Waals surface area contributed by atoms with Crippen LogP contribution in [-0.2, 0) is 6.54 Å². The molecule has 1 atom stereocenters. The minimum Gasteiger partial charge on any atom is -0.382 e. The Morgan fingerprint density at radius 1 is 1.32 bits per heavy atom. The number of hydrogen-bond acceptors (Lipinski definition) is 2. The fourth-order valence-corrected chi connectivity index (χ4v) is 2.17. The van der Waals surface area contributed by atoms with Gasteiger partial charge in [-0.15, -0.1) is 0 Å². The lowest BCUT2D eigenvalue weighted by molar-refractivity contribution is 0.206. The van der Waals surface area contributed by atoms with Crippen molar-refractivity contribution < 1.29 is 13.9 Å². The van der Waals surface area contributed by atoms with Gasteiger partial charge in [-0.25, -0.2) is 8.78 Å². The third-order valence-electron chi connectivity index (χ3n) is 2.73. The summed E-state index contributed by atoms with van der Waals surface area (Å²) < 4.78 is 27.9. The molecule has 0 aliphatic heterocycles. The molecule has 0 saturated carbocycles. The predicted molar refractivity (Wildman–Crippen MR) is 67.9 cm³/mol. The van der Waals surface area contributed by atoms with Crippen molar-refractivity contribution in [3.05, 3.63) is 52.3 Å². The Morgan fingerprint density at radius 2 is 1.95 bits per heavy atom. The van der Waals surface area contributed by atoms with E-state index in [2.05, 4.69) is 5.10 Å². The predicted octanol–water partition coefficient (Wildman–Crippen LogP) is 3.31. The van der Waals surface area contributed by atoms with Gasteiger partial charge in [0, 0.05) is 12.6 Å². The van der Waals surface area contributed by atoms with Crippen LogP contribution in [0.5, 0.6) is 0 Å². The molecule has 1 aromatic heterocycles. The number of aliphatic hydroxyl groups is 1. The van der Waals surface area contributed by atoms with Gasteiger partial charge in [0.25, 0.3) is 0 Å². The van der Waals surface area contributed by atoms with Crippen LogP contribution in [0.25, 0.3) is 0 Å². The lowest BCUT2D eigenvalue weighted by atomic mass is 10.1. The highest BCUT2D eigenvalue weighted by molar-refractivity contribution is 6.31. The van der Waals surface area contributed by atoms with E-state index in [1.54, 1.807) is 0 Å². The van der Waals surface area contributed by atoms with Gasteiger partial charge in [-0.3, -0.25) is 4.68 Å². The zero-order valence-corrected chi connectivity index (χ0v) is 11.0. The Labute approximate surface area is 114 Å². The summed E-state index contributed by atoms with van der Waals surface area (Å²) in [5.41, 5.74) is 0.450. The van der Waals surface area contributed by atoms with E-state index < -0.39 is 17.7 Å². The lowest BCUT2D eigenvalue weighted by Crippen LogP contribution is -2.11. The van der Waals surface area contributed by atoms with Crippen LogP contribution in [0.15, 0.2) is 24.4 Å². The van der Waals surface area contributed by atoms with Crippen LogP contribution >= 0.6 is 11.6 Å². The van der Waals surface area contributed by atoms with Gasteiger partial charge in [0.2, 0.25) is 0 Å². The topological polar surface area (TPSA) is 38.0 Å². The Balaban J connectivity index is 2.43. The minimum atomic E-state index is -1.22. The molecule has 2 rings (SSSR count). The molecule has 6 heteroatoms. The van der Waals surface area contributed by atoms with Crippen molar-refractivity contribution in [2.24, 2.45) is 0 Å². The first kappa shape index (κ1) is 14.0. The van der Waals surface area contributed by atoms with E-state index >= 15 is 0 Å². The Bertz CT molecular complexity index is 566. The zero-order chi connectivity index (χ0) is 14.0. The summed E-state index contributed by atoms with van der Waals surface area (Å²) in [5, 5.41) is 14.5. The van der Waals surface area contributed by atoms with Gasteiger partial charge in [-0.1, -0.05) is 18.5 Å². The number of benzene rings is 1. The number of nitrogens with zero attached hydrogens (tertiary/aromatic N) is 2. The summed E-state index contributed by atoms with van der Waals surface area (Å²) in [5.74, 6) is -1.49. The molecule has 2 aromatic rings. The molecule has 1 unspecified atom stereocenters. The van der Waals surface area contributed by atoms with E-state index in [1.165, 1.54) is 10.9 Å². The van der Waals surface area contributed by atoms with Gasteiger partial charge in [0.15, 0.2) is 0 Å². The smallest absolute Gasteiger partial charge is 0.126 e. The first-order chi connectivity index (χ1) is 9.02. The van der Waals surface area contributed by atoms with Crippen LogP contribution in [0.4, 0.5) is 8.78 Å². The number of aromatic nitrogens is 2. The molecule has 1 heterocycles. The monoisotopic (exact) mass is 286 g/mol. The third kappa shape index (κ3) is 2.93. The molecule has 1 aromatic carbocycles. The van der Waals surface area contributed by atoms with Gasteiger partial charge in [0.05, 0.1) is 16.9 Å². The molecule has 0 spiro atoms. The summed E-state index contributed by atoms with van der Waals surface area (Å²) in [6.45, 7) is 2.52. The average molecular weight is 287 g/mol. The number of hydrogen-bond donors (Lipinski definition) is 1. The summed E-state index contributed by atoms with van der Waals surface area (Å²) in [6, 6.07) is 2.90. The van der Waals surface area contributed by atoms with E-state index in [-0.39, 0.29) is 10.6 Å². The van der Waals surface area contributed by atoms with E-state index in [1.807, 2.05) is 6.92 Å². The molecule has 0 fully saturated rings. The molecule has 0 saturated heterocycles. The molecule has 19 heavy (non-hydrogen) atoms. The standard InChI is InChI=1S/C13H13ClF2N2O/c1-2-3-18-12(11(14)7-17-18)13(19)8-4-9(15)6-10(16)5-8/h4-7,13,19H,2-3H2,1H3. The molecule has 1 N–H and O–H groups in total. The van der Waals surface area contributed by atoms with Crippen molar-refractivity contribution in [1.82, 2.24) is 9.78 Å². The van der Waals surface area contributed by atoms with Crippen molar-refractivity contribution >= 4 is 11.6 Å². The normalized spacial score (nSPS) is 12.7. The van der Waals surface area contributed by atoms with E-state index in [0.717, 1.165) is 24.6 Å². The summed E-state index contributed by atoms with van der Waals surface area (Å²) in [6.07, 6.45) is 0.993. The maximum Gasteiger partial charge on any atom is 0.126 e. The van der Waals surface area contributed by atoms with E-state index in [9.17, 15) is 13.9 Å². The van der Waals surface area contributed by atoms with Gasteiger partial charge in [0.1, 0.15) is 17.7 Å². The van der Waals surface area contributed by atoms with Crippen LogP contribution in [0.3, 0.4) is 0 Å². The van der Waals surface area contributed by atoms with Crippen LogP contribution in [0.2, 0.25) is 5.02 Å². The van der Waals surface area contributed by atoms with Crippen molar-refractivity contribution in [2.45, 2.75) is 26.0 Å². The maximum absolute atomic E-state index is 13.2. The Morgan fingerprint density at radius 3 is 2.53 bits per heavy atom. The molecule has 0 amide bonds. The van der Waals surface area contributed by atoms with E-state index in [4.69, 9.17) is 11.6 Å². The second kappa shape index (κ2) is 5.67. The maximum atomic E-state index is 13.2. The van der Waals surface area contributed by atoms with Crippen molar-refractivity contribution in [3.63, 3.8) is 0 Å². The van der Waals surface area contributed by atoms with Crippen molar-refractivity contribution in [2.75, 3.05) is 0 Å². The largest absolute Gasteiger partial charge is 0.382 e. The van der Waals surface area contributed by atoms with Crippen LogP contribution in [0.1, 0.15) is 30.7 Å². The van der Waals surface area contributed by atoms with Crippen LogP contribution in [-0.4, -0.2) is 14.9 Å². The first-order valence-electron chi connectivity index (χ1n) is 5.88. The van der Waals surface area contributed by atoms with Gasteiger partial charge in [-0.05, 0) is 24.1 Å². The van der Waals surface area contributed by atoms with Crippen LogP contribution in [0, 0.1) is 11.6 Å². The molecule has 0 aliphatic rings. The third-order valence-corrected chi connectivity index (χ3v) is 3.02. The van der Waals surface area contributed by atoms with Crippen LogP contribution < -0.4 is 0 Å². The molecule has 0 bridgehead atoms. The Kier molecular flexibility index (Phi) is 4.17. The van der Waals surface area contributed by atoms with Gasteiger partial charge in [-0.2, -0.15) is 5.10 Å². The minimum absolute atomic E-state index is 0.109. The molecular weight excluding hydrogens is 274 g/mol. The Hall–Kier alpha value is -1.46. The summed E-state index contributed by atoms with van der Waals surface area (Å²) >= 11 is 5.97. The molecular formula is C13H13ClF2N2O. The van der Waals surface area contributed by atoms with Gasteiger partial charge < -0.3 is 5.11 Å². The highest BCUT2D eigenvalue weighted by Gasteiger charge is 2.20. The summed E-state index contributed by atoms with van der Waals surface area (Å²) in [7, 11) is 0. The van der Waals surface area contributed by atoms with Gasteiger partial charge >= 0.3 is 0 Å². The molecule has 102 valence electrons. The number of aryl methyl sites for hydroxylation is 1. The molecule has 3 nitrogen and oxygen atoms in total. The van der Waals surface area contributed by atoms with E-state index in [0.29, 0.717) is 12.2 Å². The fourth-order valence-electron chi connectivity index (χ4n) is 1.92. The SMILES string of the molecule is CCCn1ncc(Cl)c1C(O)c1cc(F)cc(F)c1. The molecule has 0 aliphatic carbocycles. The first-order valence-corrected chi connectivity index (χ1v) is 6.26. The quantitative estimate of drug-likeness (QED) is 0.936. The second-order valence-electron chi connectivity index (χ2n) is 4.21. The number of rotatable bonds is 4. The number of halogens is 3. The highest BCUT2D eigenvalue weighted by Crippen LogP contribution is 2.29. The molecule has 0 radical (unpaired) electrons. The lowest BCUT2D eigenvalue weighted by Gasteiger charge is -2.14.